The molecule has 0 aliphatic heterocycles. The molecule has 6 rings (SSSR count). The first-order valence-electron chi connectivity index (χ1n) is 13.3. The van der Waals surface area contributed by atoms with E-state index in [1.54, 1.807) is 31.2 Å². The number of nitrogens with one attached hydrogen (secondary N) is 4. The van der Waals surface area contributed by atoms with Gasteiger partial charge < -0.3 is 4.42 Å². The summed E-state index contributed by atoms with van der Waals surface area (Å²) in [7, 11) is 0. The highest BCUT2D eigenvalue weighted by Crippen LogP contribution is 2.40. The Balaban J connectivity index is 1.58. The number of aromatic amines is 4. The molecule has 0 atom stereocenters. The van der Waals surface area contributed by atoms with Crippen molar-refractivity contribution < 1.29 is 9.34 Å². The largest absolute Gasteiger partial charge is 0.460 e. The molecule has 0 saturated heterocycles. The van der Waals surface area contributed by atoms with E-state index in [1.165, 1.54) is 6.07 Å². The molecule has 0 aliphatic carbocycles. The van der Waals surface area contributed by atoms with Crippen LogP contribution in [0.15, 0.2) is 92.9 Å². The number of furan rings is 1. The molecule has 3 heterocycles. The maximum atomic E-state index is 13.5. The summed E-state index contributed by atoms with van der Waals surface area (Å²) in [5.74, 6) is -0.243. The first-order chi connectivity index (χ1) is 20.2. The average molecular weight is 562 g/mol. The van der Waals surface area contributed by atoms with Crippen LogP contribution in [0.3, 0.4) is 0 Å². The normalized spacial score (nSPS) is 11.3. The summed E-state index contributed by atoms with van der Waals surface area (Å²) in [5.41, 5.74) is 5.43. The Bertz CT molecular complexity index is 1940. The number of benzene rings is 3. The average Bonchev–Trinajstić information content (AvgIpc) is 3.71. The summed E-state index contributed by atoms with van der Waals surface area (Å²) in [6.45, 7) is 5.61. The molecular formula is C32H27N5O5. The standard InChI is InChI=1S/C32H27N5O5/c1-17-4-9-20(10-5-17)29-27(31(38)35-33-29)26(28-30(34-36-32(28)39)21-11-6-18(2)7-12-21)25-15-14-24(42-25)22-13-8-19(3)23(16-22)37(40)41/h4-16,26H,1-3H3,(H2,33,35,38)(H2,34,36,39). The van der Waals surface area contributed by atoms with Crippen LogP contribution in [-0.4, -0.2) is 25.3 Å². The third-order valence-electron chi connectivity index (χ3n) is 7.49. The highest BCUT2D eigenvalue weighted by molar-refractivity contribution is 5.71. The summed E-state index contributed by atoms with van der Waals surface area (Å²) < 4.78 is 6.33. The summed E-state index contributed by atoms with van der Waals surface area (Å²) in [6, 6.07) is 23.6. The number of aromatic nitrogens is 4. The van der Waals surface area contributed by atoms with Crippen LogP contribution in [0.25, 0.3) is 33.8 Å². The van der Waals surface area contributed by atoms with Crippen molar-refractivity contribution in [2.75, 3.05) is 0 Å². The zero-order chi connectivity index (χ0) is 29.5. The summed E-state index contributed by atoms with van der Waals surface area (Å²) in [4.78, 5) is 38.1. The van der Waals surface area contributed by atoms with Gasteiger partial charge >= 0.3 is 0 Å². The maximum Gasteiger partial charge on any atom is 0.273 e. The van der Waals surface area contributed by atoms with E-state index in [1.807, 2.05) is 62.4 Å². The van der Waals surface area contributed by atoms with Crippen molar-refractivity contribution in [3.05, 3.63) is 143 Å². The molecule has 0 radical (unpaired) electrons. The number of H-pyrrole nitrogens is 4. The number of hydrogen-bond donors (Lipinski definition) is 4. The second kappa shape index (κ2) is 10.4. The van der Waals surface area contributed by atoms with E-state index in [0.717, 1.165) is 22.3 Å². The van der Waals surface area contributed by atoms with E-state index >= 15 is 0 Å². The van der Waals surface area contributed by atoms with Gasteiger partial charge in [0, 0.05) is 17.2 Å². The van der Waals surface area contributed by atoms with Gasteiger partial charge in [0.2, 0.25) is 0 Å². The van der Waals surface area contributed by atoms with Gasteiger partial charge in [-0.05, 0) is 44.0 Å². The summed E-state index contributed by atoms with van der Waals surface area (Å²) >= 11 is 0. The van der Waals surface area contributed by atoms with Gasteiger partial charge in [0.25, 0.3) is 16.8 Å². The smallest absolute Gasteiger partial charge is 0.273 e. The zero-order valence-electron chi connectivity index (χ0n) is 23.1. The van der Waals surface area contributed by atoms with Crippen LogP contribution < -0.4 is 11.1 Å². The molecule has 0 aliphatic rings. The van der Waals surface area contributed by atoms with E-state index in [4.69, 9.17) is 4.42 Å². The van der Waals surface area contributed by atoms with Crippen molar-refractivity contribution in [3.63, 3.8) is 0 Å². The monoisotopic (exact) mass is 561 g/mol. The molecule has 3 aromatic carbocycles. The molecular weight excluding hydrogens is 534 g/mol. The van der Waals surface area contributed by atoms with Crippen LogP contribution in [0.5, 0.6) is 0 Å². The topological polar surface area (TPSA) is 154 Å². The molecule has 0 spiro atoms. The second-order valence-electron chi connectivity index (χ2n) is 10.4. The van der Waals surface area contributed by atoms with Crippen LogP contribution >= 0.6 is 0 Å². The van der Waals surface area contributed by atoms with E-state index in [-0.39, 0.29) is 5.69 Å². The molecule has 0 unspecified atom stereocenters. The van der Waals surface area contributed by atoms with Crippen LogP contribution in [0.4, 0.5) is 5.69 Å². The number of rotatable bonds is 7. The van der Waals surface area contributed by atoms with Gasteiger partial charge in [0.05, 0.1) is 33.4 Å². The minimum atomic E-state index is -0.934. The maximum absolute atomic E-state index is 13.5. The van der Waals surface area contributed by atoms with E-state index in [0.29, 0.717) is 45.2 Å². The minimum absolute atomic E-state index is 0.0329. The van der Waals surface area contributed by atoms with Gasteiger partial charge in [0.15, 0.2) is 0 Å². The van der Waals surface area contributed by atoms with E-state index in [9.17, 15) is 19.7 Å². The molecule has 0 saturated carbocycles. The zero-order valence-corrected chi connectivity index (χ0v) is 23.1. The quantitative estimate of drug-likeness (QED) is 0.133. The lowest BCUT2D eigenvalue weighted by Gasteiger charge is -2.15. The number of nitro groups is 1. The van der Waals surface area contributed by atoms with Crippen molar-refractivity contribution in [1.82, 2.24) is 20.4 Å². The van der Waals surface area contributed by atoms with Crippen molar-refractivity contribution in [2.45, 2.75) is 26.7 Å². The molecule has 210 valence electrons. The predicted octanol–water partition coefficient (Wildman–Crippen LogP) is 6.33. The molecule has 4 N–H and O–H groups in total. The molecule has 0 bridgehead atoms. The molecule has 0 fully saturated rings. The molecule has 10 nitrogen and oxygen atoms in total. The SMILES string of the molecule is Cc1ccc(-c2[nH][nH]c(=O)c2C(c2ccc(-c3ccc(C)c([N+](=O)[O-])c3)o2)c2c(-c3ccc(C)cc3)[nH][nH]c2=O)cc1. The van der Waals surface area contributed by atoms with Gasteiger partial charge in [-0.3, -0.25) is 40.1 Å². The Morgan fingerprint density at radius 2 is 1.17 bits per heavy atom. The van der Waals surface area contributed by atoms with Crippen molar-refractivity contribution >= 4 is 5.69 Å². The second-order valence-corrected chi connectivity index (χ2v) is 10.4. The van der Waals surface area contributed by atoms with Gasteiger partial charge in [-0.15, -0.1) is 0 Å². The number of aryl methyl sites for hydroxylation is 3. The third-order valence-corrected chi connectivity index (χ3v) is 7.49. The highest BCUT2D eigenvalue weighted by Gasteiger charge is 2.33. The van der Waals surface area contributed by atoms with Gasteiger partial charge in [-0.25, -0.2) is 0 Å². The van der Waals surface area contributed by atoms with Crippen molar-refractivity contribution in [2.24, 2.45) is 0 Å². The minimum Gasteiger partial charge on any atom is -0.460 e. The van der Waals surface area contributed by atoms with Crippen molar-refractivity contribution in [1.29, 1.82) is 0 Å². The lowest BCUT2D eigenvalue weighted by molar-refractivity contribution is -0.385. The summed E-state index contributed by atoms with van der Waals surface area (Å²) in [5, 5.41) is 23.0. The molecule has 0 amide bonds. The Morgan fingerprint density at radius 3 is 1.67 bits per heavy atom. The van der Waals surface area contributed by atoms with Gasteiger partial charge in [-0.2, -0.15) is 0 Å². The Labute approximate surface area is 239 Å². The number of hydrogen-bond acceptors (Lipinski definition) is 5. The molecule has 6 aromatic rings. The number of nitro benzene ring substituents is 1. The third kappa shape index (κ3) is 4.68. The molecule has 10 heteroatoms. The Kier molecular flexibility index (Phi) is 6.58. The van der Waals surface area contributed by atoms with Crippen LogP contribution in [0, 0.1) is 30.9 Å². The Hall–Kier alpha value is -5.64. The Morgan fingerprint density at radius 1 is 0.667 bits per heavy atom. The van der Waals surface area contributed by atoms with Crippen LogP contribution in [-0.2, 0) is 0 Å². The fraction of sp³-hybridized carbons (Fsp3) is 0.125. The van der Waals surface area contributed by atoms with Crippen LogP contribution in [0.2, 0.25) is 0 Å². The highest BCUT2D eigenvalue weighted by atomic mass is 16.6. The van der Waals surface area contributed by atoms with E-state index in [2.05, 4.69) is 20.4 Å². The molecule has 3 aromatic heterocycles. The fourth-order valence-corrected chi connectivity index (χ4v) is 5.23. The molecule has 42 heavy (non-hydrogen) atoms. The summed E-state index contributed by atoms with van der Waals surface area (Å²) in [6.07, 6.45) is 0. The van der Waals surface area contributed by atoms with E-state index < -0.39 is 22.0 Å². The van der Waals surface area contributed by atoms with Gasteiger partial charge in [-0.1, -0.05) is 71.8 Å². The number of nitrogens with zero attached hydrogens (tertiary/aromatic N) is 1. The van der Waals surface area contributed by atoms with Gasteiger partial charge in [0.1, 0.15) is 11.5 Å². The predicted molar refractivity (Wildman–Crippen MR) is 160 cm³/mol. The first-order valence-corrected chi connectivity index (χ1v) is 13.3. The van der Waals surface area contributed by atoms with Crippen molar-refractivity contribution in [3.8, 4) is 33.8 Å². The fourth-order valence-electron chi connectivity index (χ4n) is 5.23. The van der Waals surface area contributed by atoms with Crippen LogP contribution in [0.1, 0.15) is 39.5 Å². The lowest BCUT2D eigenvalue weighted by atomic mass is 9.86. The lowest BCUT2D eigenvalue weighted by Crippen LogP contribution is -2.19. The first kappa shape index (κ1) is 26.6.